The van der Waals surface area contributed by atoms with Gasteiger partial charge in [0.05, 0.1) is 0 Å². The van der Waals surface area contributed by atoms with Crippen LogP contribution in [0.2, 0.25) is 0 Å². The van der Waals surface area contributed by atoms with Crippen molar-refractivity contribution in [3.63, 3.8) is 0 Å². The Kier molecular flexibility index (Phi) is 2.05. The summed E-state index contributed by atoms with van der Waals surface area (Å²) >= 11 is 0. The van der Waals surface area contributed by atoms with Crippen LogP contribution in [0.15, 0.2) is 11.6 Å². The molecule has 0 amide bonds. The Balaban J connectivity index is 2.05. The number of allylic oxidation sites excluding steroid dienone is 2. The van der Waals surface area contributed by atoms with Crippen LogP contribution in [-0.2, 0) is 4.79 Å². The predicted octanol–water partition coefficient (Wildman–Crippen LogP) is 2.96. The van der Waals surface area contributed by atoms with Crippen molar-refractivity contribution in [1.29, 1.82) is 0 Å². The number of carbonyl (C=O) groups excluding carboxylic acids is 1. The average Bonchev–Trinajstić information content (AvgIpc) is 2.14. The van der Waals surface area contributed by atoms with Crippen LogP contribution in [0.1, 0.15) is 39.5 Å². The van der Waals surface area contributed by atoms with Crippen molar-refractivity contribution in [2.45, 2.75) is 39.5 Å². The van der Waals surface area contributed by atoms with Gasteiger partial charge in [-0.05, 0) is 36.5 Å². The third-order valence-corrected chi connectivity index (χ3v) is 4.13. The lowest BCUT2D eigenvalue weighted by atomic mass is 9.48. The average molecular weight is 178 g/mol. The molecule has 0 spiro atoms. The van der Waals surface area contributed by atoms with Crippen molar-refractivity contribution < 1.29 is 4.79 Å². The molecule has 3 aliphatic rings. The molecule has 3 aliphatic carbocycles. The Morgan fingerprint density at radius 2 is 2.38 bits per heavy atom. The van der Waals surface area contributed by atoms with E-state index in [1.807, 2.05) is 0 Å². The second kappa shape index (κ2) is 2.97. The van der Waals surface area contributed by atoms with Crippen molar-refractivity contribution >= 4 is 6.29 Å². The molecule has 0 aromatic heterocycles. The summed E-state index contributed by atoms with van der Waals surface area (Å²) in [6, 6.07) is 0. The molecule has 0 aliphatic heterocycles. The molecule has 2 atom stereocenters. The van der Waals surface area contributed by atoms with Gasteiger partial charge < -0.3 is 4.79 Å². The van der Waals surface area contributed by atoms with Gasteiger partial charge >= 0.3 is 0 Å². The Hall–Kier alpha value is -0.590. The Bertz CT molecular complexity index is 250. The maximum Gasteiger partial charge on any atom is 0.120 e. The highest BCUT2D eigenvalue weighted by molar-refractivity contribution is 5.50. The number of hydrogen-bond acceptors (Lipinski definition) is 1. The molecule has 1 nitrogen and oxygen atoms in total. The van der Waals surface area contributed by atoms with Crippen molar-refractivity contribution in [2.75, 3.05) is 0 Å². The largest absolute Gasteiger partial charge is 0.303 e. The molecule has 0 N–H and O–H groups in total. The monoisotopic (exact) mass is 178 g/mol. The van der Waals surface area contributed by atoms with E-state index in [2.05, 4.69) is 19.9 Å². The smallest absolute Gasteiger partial charge is 0.120 e. The lowest BCUT2D eigenvalue weighted by Gasteiger charge is -2.56. The van der Waals surface area contributed by atoms with Gasteiger partial charge in [0.2, 0.25) is 0 Å². The van der Waals surface area contributed by atoms with E-state index < -0.39 is 0 Å². The minimum atomic E-state index is 0.521. The van der Waals surface area contributed by atoms with E-state index in [-0.39, 0.29) is 0 Å². The van der Waals surface area contributed by atoms with Crippen molar-refractivity contribution in [3.8, 4) is 0 Å². The van der Waals surface area contributed by atoms with Gasteiger partial charge in [-0.25, -0.2) is 0 Å². The summed E-state index contributed by atoms with van der Waals surface area (Å²) < 4.78 is 0. The quantitative estimate of drug-likeness (QED) is 0.479. The van der Waals surface area contributed by atoms with Crippen LogP contribution in [0.3, 0.4) is 0 Å². The van der Waals surface area contributed by atoms with Crippen LogP contribution in [0.5, 0.6) is 0 Å². The van der Waals surface area contributed by atoms with Gasteiger partial charge in [-0.15, -0.1) is 0 Å². The van der Waals surface area contributed by atoms with Crippen LogP contribution < -0.4 is 0 Å². The minimum absolute atomic E-state index is 0.521. The van der Waals surface area contributed by atoms with E-state index in [9.17, 15) is 4.79 Å². The van der Waals surface area contributed by atoms with Crippen LogP contribution >= 0.6 is 0 Å². The Morgan fingerprint density at radius 3 is 2.92 bits per heavy atom. The van der Waals surface area contributed by atoms with E-state index in [4.69, 9.17) is 0 Å². The van der Waals surface area contributed by atoms with Crippen molar-refractivity contribution in [1.82, 2.24) is 0 Å². The van der Waals surface area contributed by atoms with Gasteiger partial charge in [-0.1, -0.05) is 25.5 Å². The zero-order valence-electron chi connectivity index (χ0n) is 8.55. The first-order valence-electron chi connectivity index (χ1n) is 5.29. The minimum Gasteiger partial charge on any atom is -0.303 e. The summed E-state index contributed by atoms with van der Waals surface area (Å²) in [6.07, 6.45) is 7.76. The molecule has 0 heterocycles. The Labute approximate surface area is 80.2 Å². The fourth-order valence-corrected chi connectivity index (χ4v) is 2.98. The molecule has 1 saturated carbocycles. The second-order valence-electron chi connectivity index (χ2n) is 5.03. The first kappa shape index (κ1) is 8.98. The molecule has 0 aromatic carbocycles. The fourth-order valence-electron chi connectivity index (χ4n) is 2.98. The molecule has 1 heteroatoms. The lowest BCUT2D eigenvalue weighted by molar-refractivity contribution is -0.107. The molecule has 13 heavy (non-hydrogen) atoms. The summed E-state index contributed by atoms with van der Waals surface area (Å²) in [7, 11) is 0. The normalized spacial score (nSPS) is 34.8. The molecule has 0 aromatic rings. The van der Waals surface area contributed by atoms with Crippen LogP contribution in [0.4, 0.5) is 0 Å². The molecule has 1 fully saturated rings. The highest BCUT2D eigenvalue weighted by Gasteiger charge is 2.50. The van der Waals surface area contributed by atoms with E-state index in [1.165, 1.54) is 12.8 Å². The standard InChI is InChI=1S/C12H18O/c1-12(2)10-6-5-9(4-3-7-13)11(12)8-10/h5,7,10-11H,3-4,6,8H2,1-2H3/t10-,11+/m0/s1. The van der Waals surface area contributed by atoms with Crippen LogP contribution in [-0.4, -0.2) is 6.29 Å². The number of carbonyl (C=O) groups is 1. The van der Waals surface area contributed by atoms with Gasteiger partial charge in [0.15, 0.2) is 0 Å². The summed E-state index contributed by atoms with van der Waals surface area (Å²) in [6.45, 7) is 4.75. The SMILES string of the molecule is CC1(C)[C@H]2CC=C(CCC=O)[C@H]1C2. The maximum atomic E-state index is 10.3. The second-order valence-corrected chi connectivity index (χ2v) is 5.03. The predicted molar refractivity (Wildman–Crippen MR) is 53.4 cm³/mol. The van der Waals surface area contributed by atoms with E-state index in [0.29, 0.717) is 11.8 Å². The van der Waals surface area contributed by atoms with Gasteiger partial charge in [0, 0.05) is 6.42 Å². The number of hydrogen-bond donors (Lipinski definition) is 0. The van der Waals surface area contributed by atoms with Crippen molar-refractivity contribution in [2.24, 2.45) is 17.3 Å². The fraction of sp³-hybridized carbons (Fsp3) is 0.750. The van der Waals surface area contributed by atoms with Crippen LogP contribution in [0.25, 0.3) is 0 Å². The zero-order valence-corrected chi connectivity index (χ0v) is 8.55. The number of rotatable bonds is 3. The third kappa shape index (κ3) is 1.25. The first-order chi connectivity index (χ1) is 6.16. The molecular formula is C12H18O. The van der Waals surface area contributed by atoms with Gasteiger partial charge in [0.25, 0.3) is 0 Å². The molecule has 0 saturated heterocycles. The molecule has 2 bridgehead atoms. The van der Waals surface area contributed by atoms with Gasteiger partial charge in [-0.3, -0.25) is 0 Å². The summed E-state index contributed by atoms with van der Waals surface area (Å²) in [5.74, 6) is 1.70. The summed E-state index contributed by atoms with van der Waals surface area (Å²) in [5.41, 5.74) is 2.08. The maximum absolute atomic E-state index is 10.3. The topological polar surface area (TPSA) is 17.1 Å². The molecular weight excluding hydrogens is 160 g/mol. The highest BCUT2D eigenvalue weighted by Crippen LogP contribution is 2.59. The van der Waals surface area contributed by atoms with Gasteiger partial charge in [-0.2, -0.15) is 0 Å². The summed E-state index contributed by atoms with van der Waals surface area (Å²) in [4.78, 5) is 10.3. The number of aldehydes is 1. The zero-order chi connectivity index (χ0) is 9.47. The molecule has 72 valence electrons. The highest BCUT2D eigenvalue weighted by atomic mass is 16.1. The van der Waals surface area contributed by atoms with E-state index in [0.717, 1.165) is 24.5 Å². The van der Waals surface area contributed by atoms with E-state index >= 15 is 0 Å². The van der Waals surface area contributed by atoms with Crippen molar-refractivity contribution in [3.05, 3.63) is 11.6 Å². The molecule has 0 radical (unpaired) electrons. The van der Waals surface area contributed by atoms with Gasteiger partial charge in [0.1, 0.15) is 6.29 Å². The molecule has 3 rings (SSSR count). The van der Waals surface area contributed by atoms with E-state index in [1.54, 1.807) is 5.57 Å². The Morgan fingerprint density at radius 1 is 1.62 bits per heavy atom. The first-order valence-corrected chi connectivity index (χ1v) is 5.29. The number of fused-ring (bicyclic) bond motifs is 1. The lowest BCUT2D eigenvalue weighted by Crippen LogP contribution is -2.48. The third-order valence-electron chi connectivity index (χ3n) is 4.13. The summed E-state index contributed by atoms with van der Waals surface area (Å²) in [5, 5.41) is 0. The van der Waals surface area contributed by atoms with Crippen LogP contribution in [0, 0.1) is 17.3 Å². The molecule has 0 unspecified atom stereocenters.